The minimum Gasteiger partial charge on any atom is -0.466 e. The average Bonchev–Trinajstić information content (AvgIpc) is 2.81. The second-order valence-electron chi connectivity index (χ2n) is 2.57. The number of rotatable bonds is 3. The first-order chi connectivity index (χ1) is 5.65. The van der Waals surface area contributed by atoms with Crippen molar-refractivity contribution in [3.63, 3.8) is 0 Å². The minimum absolute atomic E-state index is 0.0682. The van der Waals surface area contributed by atoms with Crippen molar-refractivity contribution in [1.29, 1.82) is 0 Å². The zero-order chi connectivity index (χ0) is 9.14. The smallest absolute Gasteiger partial charge is 0.348 e. The lowest BCUT2D eigenvalue weighted by atomic mass is 10.3. The van der Waals surface area contributed by atoms with Gasteiger partial charge in [-0.1, -0.05) is 0 Å². The van der Waals surface area contributed by atoms with Crippen LogP contribution in [0.3, 0.4) is 0 Å². The molecule has 0 amide bonds. The number of carbonyl (C=O) groups is 2. The highest BCUT2D eigenvalue weighted by atomic mass is 16.6. The van der Waals surface area contributed by atoms with Crippen LogP contribution in [-0.4, -0.2) is 37.7 Å². The van der Waals surface area contributed by atoms with Gasteiger partial charge in [-0.3, -0.25) is 4.79 Å². The third-order valence-electron chi connectivity index (χ3n) is 1.53. The van der Waals surface area contributed by atoms with E-state index in [1.54, 1.807) is 0 Å². The number of esters is 2. The zero-order valence-corrected chi connectivity index (χ0v) is 6.99. The van der Waals surface area contributed by atoms with Crippen LogP contribution in [0.25, 0.3) is 0 Å². The highest BCUT2D eigenvalue weighted by Gasteiger charge is 2.39. The van der Waals surface area contributed by atoms with Gasteiger partial charge in [0.15, 0.2) is 0 Å². The van der Waals surface area contributed by atoms with Gasteiger partial charge in [0, 0.05) is 13.5 Å². The predicted molar refractivity (Wildman–Crippen MR) is 39.4 cm³/mol. The van der Waals surface area contributed by atoms with Crippen LogP contribution in [0.1, 0.15) is 6.92 Å². The molecule has 1 N–H and O–H groups in total. The van der Waals surface area contributed by atoms with E-state index in [-0.39, 0.29) is 6.04 Å². The molecule has 0 radical (unpaired) electrons. The van der Waals surface area contributed by atoms with Crippen LogP contribution in [0.5, 0.6) is 0 Å². The van der Waals surface area contributed by atoms with Crippen LogP contribution >= 0.6 is 0 Å². The molecule has 1 aliphatic rings. The van der Waals surface area contributed by atoms with Crippen molar-refractivity contribution in [3.8, 4) is 0 Å². The summed E-state index contributed by atoms with van der Waals surface area (Å²) in [6.45, 7) is 1.95. The summed E-state index contributed by atoms with van der Waals surface area (Å²) in [4.78, 5) is 21.5. The molecule has 0 aromatic carbocycles. The van der Waals surface area contributed by atoms with E-state index in [1.165, 1.54) is 14.0 Å². The normalized spacial score (nSPS) is 22.7. The Balaban J connectivity index is 2.48. The first kappa shape index (κ1) is 8.99. The van der Waals surface area contributed by atoms with E-state index in [0.29, 0.717) is 6.54 Å². The standard InChI is InChI=1S/C7H11NO4/c1-4(9)12-6(5-3-8-5)7(10)11-2/h5-6,8H,3H2,1-2H3/t5?,6-/m0/s1. The van der Waals surface area contributed by atoms with Gasteiger partial charge in [0.2, 0.25) is 6.10 Å². The Hall–Kier alpha value is -1.10. The Kier molecular flexibility index (Phi) is 2.65. The molecule has 0 aromatic heterocycles. The maximum atomic E-state index is 11.0. The maximum Gasteiger partial charge on any atom is 0.348 e. The van der Waals surface area contributed by atoms with Crippen molar-refractivity contribution in [1.82, 2.24) is 5.32 Å². The molecule has 0 saturated carbocycles. The highest BCUT2D eigenvalue weighted by molar-refractivity contribution is 5.79. The fourth-order valence-corrected chi connectivity index (χ4v) is 0.872. The van der Waals surface area contributed by atoms with Gasteiger partial charge >= 0.3 is 11.9 Å². The summed E-state index contributed by atoms with van der Waals surface area (Å²) in [6.07, 6.45) is -0.785. The second kappa shape index (κ2) is 3.53. The van der Waals surface area contributed by atoms with Gasteiger partial charge < -0.3 is 14.8 Å². The van der Waals surface area contributed by atoms with Gasteiger partial charge in [-0.05, 0) is 0 Å². The molecular formula is C7H11NO4. The second-order valence-corrected chi connectivity index (χ2v) is 2.57. The average molecular weight is 173 g/mol. The van der Waals surface area contributed by atoms with Crippen molar-refractivity contribution in [2.75, 3.05) is 13.7 Å². The molecular weight excluding hydrogens is 162 g/mol. The molecule has 12 heavy (non-hydrogen) atoms. The van der Waals surface area contributed by atoms with Crippen LogP contribution in [0.4, 0.5) is 0 Å². The minimum atomic E-state index is -0.785. The number of hydrogen-bond donors (Lipinski definition) is 1. The molecule has 2 atom stereocenters. The predicted octanol–water partition coefficient (Wildman–Crippen LogP) is -0.937. The van der Waals surface area contributed by atoms with Gasteiger partial charge in [-0.15, -0.1) is 0 Å². The molecule has 0 aliphatic carbocycles. The fourth-order valence-electron chi connectivity index (χ4n) is 0.872. The van der Waals surface area contributed by atoms with Crippen LogP contribution in [0.15, 0.2) is 0 Å². The Labute approximate surface area is 70.0 Å². The lowest BCUT2D eigenvalue weighted by Crippen LogP contribution is -2.33. The number of hydrogen-bond acceptors (Lipinski definition) is 5. The monoisotopic (exact) mass is 173 g/mol. The summed E-state index contributed by atoms with van der Waals surface area (Å²) in [5, 5.41) is 2.88. The van der Waals surface area contributed by atoms with Crippen molar-refractivity contribution in [2.24, 2.45) is 0 Å². The van der Waals surface area contributed by atoms with Crippen molar-refractivity contribution in [3.05, 3.63) is 0 Å². The topological polar surface area (TPSA) is 74.5 Å². The van der Waals surface area contributed by atoms with E-state index in [0.717, 1.165) is 0 Å². The van der Waals surface area contributed by atoms with Gasteiger partial charge in [0.25, 0.3) is 0 Å². The van der Waals surface area contributed by atoms with Crippen LogP contribution < -0.4 is 5.32 Å². The SMILES string of the molecule is COC(=O)[C@@H](OC(C)=O)C1CN1. The molecule has 5 heteroatoms. The molecule has 1 fully saturated rings. The lowest BCUT2D eigenvalue weighted by Gasteiger charge is -2.12. The third-order valence-corrected chi connectivity index (χ3v) is 1.53. The summed E-state index contributed by atoms with van der Waals surface area (Å²) < 4.78 is 9.21. The summed E-state index contributed by atoms with van der Waals surface area (Å²) in [5.41, 5.74) is 0. The van der Waals surface area contributed by atoms with Crippen LogP contribution in [0, 0.1) is 0 Å². The summed E-state index contributed by atoms with van der Waals surface area (Å²) in [5.74, 6) is -0.987. The number of methoxy groups -OCH3 is 1. The molecule has 0 spiro atoms. The first-order valence-corrected chi connectivity index (χ1v) is 3.63. The largest absolute Gasteiger partial charge is 0.466 e. The quantitative estimate of drug-likeness (QED) is 0.440. The van der Waals surface area contributed by atoms with Gasteiger partial charge in [-0.2, -0.15) is 0 Å². The highest BCUT2D eigenvalue weighted by Crippen LogP contribution is 2.10. The van der Waals surface area contributed by atoms with Gasteiger partial charge in [-0.25, -0.2) is 4.79 Å². The molecule has 1 rings (SSSR count). The first-order valence-electron chi connectivity index (χ1n) is 3.63. The Morgan fingerprint density at radius 2 is 2.17 bits per heavy atom. The van der Waals surface area contributed by atoms with Crippen molar-refractivity contribution in [2.45, 2.75) is 19.1 Å². The molecule has 1 aliphatic heterocycles. The van der Waals surface area contributed by atoms with E-state index >= 15 is 0 Å². The van der Waals surface area contributed by atoms with E-state index < -0.39 is 18.0 Å². The Bertz CT molecular complexity index is 200. The molecule has 1 heterocycles. The fraction of sp³-hybridized carbons (Fsp3) is 0.714. The van der Waals surface area contributed by atoms with Crippen LogP contribution in [0.2, 0.25) is 0 Å². The molecule has 1 unspecified atom stereocenters. The summed E-state index contributed by atoms with van der Waals surface area (Å²) in [6, 6.07) is -0.0682. The van der Waals surface area contributed by atoms with E-state index in [4.69, 9.17) is 4.74 Å². The Morgan fingerprint density at radius 1 is 1.58 bits per heavy atom. The zero-order valence-electron chi connectivity index (χ0n) is 6.99. The third kappa shape index (κ3) is 2.20. The number of ether oxygens (including phenoxy) is 2. The molecule has 68 valence electrons. The number of nitrogens with one attached hydrogen (secondary N) is 1. The van der Waals surface area contributed by atoms with E-state index in [9.17, 15) is 9.59 Å². The maximum absolute atomic E-state index is 11.0. The molecule has 5 nitrogen and oxygen atoms in total. The van der Waals surface area contributed by atoms with Gasteiger partial charge in [0.1, 0.15) is 0 Å². The summed E-state index contributed by atoms with van der Waals surface area (Å²) in [7, 11) is 1.27. The van der Waals surface area contributed by atoms with E-state index in [1.807, 2.05) is 0 Å². The van der Waals surface area contributed by atoms with Crippen LogP contribution in [-0.2, 0) is 19.1 Å². The molecule has 1 saturated heterocycles. The van der Waals surface area contributed by atoms with Gasteiger partial charge in [0.05, 0.1) is 13.2 Å². The lowest BCUT2D eigenvalue weighted by molar-refractivity contribution is -0.164. The van der Waals surface area contributed by atoms with Crippen molar-refractivity contribution < 1.29 is 19.1 Å². The van der Waals surface area contributed by atoms with E-state index in [2.05, 4.69) is 10.1 Å². The number of carbonyl (C=O) groups excluding carboxylic acids is 2. The molecule has 0 aromatic rings. The Morgan fingerprint density at radius 3 is 2.50 bits per heavy atom. The molecule has 0 bridgehead atoms. The summed E-state index contributed by atoms with van der Waals surface area (Å²) >= 11 is 0. The van der Waals surface area contributed by atoms with Crippen molar-refractivity contribution >= 4 is 11.9 Å².